The summed E-state index contributed by atoms with van der Waals surface area (Å²) in [7, 11) is 1.69. The Labute approximate surface area is 256 Å². The van der Waals surface area contributed by atoms with E-state index >= 15 is 0 Å². The van der Waals surface area contributed by atoms with Crippen LogP contribution in [0.5, 0.6) is 11.5 Å². The van der Waals surface area contributed by atoms with Crippen molar-refractivity contribution in [2.45, 2.75) is 57.8 Å². The van der Waals surface area contributed by atoms with Crippen molar-refractivity contribution in [3.05, 3.63) is 77.4 Å². The van der Waals surface area contributed by atoms with Crippen LogP contribution < -0.4 is 26.0 Å². The van der Waals surface area contributed by atoms with E-state index < -0.39 is 0 Å². The zero-order chi connectivity index (χ0) is 28.2. The van der Waals surface area contributed by atoms with Crippen molar-refractivity contribution in [1.82, 2.24) is 5.32 Å². The largest absolute Gasteiger partial charge is 0.508 e. The van der Waals surface area contributed by atoms with E-state index in [-0.39, 0.29) is 53.8 Å². The van der Waals surface area contributed by atoms with Crippen molar-refractivity contribution in [3.8, 4) is 11.5 Å². The van der Waals surface area contributed by atoms with Crippen LogP contribution in [-0.2, 0) is 5.41 Å². The van der Waals surface area contributed by atoms with E-state index in [9.17, 15) is 9.90 Å². The lowest BCUT2D eigenvalue weighted by atomic mass is 9.72. The Balaban J connectivity index is 0.00000294. The average Bonchev–Trinajstić information content (AvgIpc) is 2.92. The third-order valence-corrected chi connectivity index (χ3v) is 7.90. The van der Waals surface area contributed by atoms with Crippen molar-refractivity contribution in [2.75, 3.05) is 42.7 Å². The van der Waals surface area contributed by atoms with Crippen LogP contribution in [0.25, 0.3) is 0 Å². The van der Waals surface area contributed by atoms with Crippen LogP contribution in [0.1, 0.15) is 69.1 Å². The maximum absolute atomic E-state index is 13.4. The molecule has 1 heterocycles. The second kappa shape index (κ2) is 14.6. The molecule has 0 unspecified atom stereocenters. The smallest absolute Gasteiger partial charge is 0.319 e. The number of nitrogen functional groups attached to an aromatic ring is 1. The van der Waals surface area contributed by atoms with Gasteiger partial charge in [-0.1, -0.05) is 52.0 Å². The van der Waals surface area contributed by atoms with Gasteiger partial charge in [-0.05, 0) is 77.8 Å². The molecule has 1 aliphatic heterocycles. The predicted molar refractivity (Wildman–Crippen MR) is 175 cm³/mol. The maximum atomic E-state index is 13.4. The number of hydrogen-bond donors (Lipinski definition) is 4. The number of rotatable bonds is 8. The van der Waals surface area contributed by atoms with Gasteiger partial charge in [0.1, 0.15) is 11.5 Å². The number of nitrogens with two attached hydrogens (primary N) is 1. The fourth-order valence-electron chi connectivity index (χ4n) is 5.64. The first kappa shape index (κ1) is 33.9. The molecule has 41 heavy (non-hydrogen) atoms. The minimum Gasteiger partial charge on any atom is -0.508 e. The lowest BCUT2D eigenvalue weighted by Crippen LogP contribution is -2.49. The number of nitrogens with zero attached hydrogens (tertiary/aromatic N) is 1. The summed E-state index contributed by atoms with van der Waals surface area (Å²) in [4.78, 5) is 15.7. The number of methoxy groups -OCH3 is 1. The molecule has 1 saturated heterocycles. The second-order valence-electron chi connectivity index (χ2n) is 11.2. The second-order valence-corrected chi connectivity index (χ2v) is 11.2. The summed E-state index contributed by atoms with van der Waals surface area (Å²) in [5, 5.41) is 16.6. The molecule has 3 aromatic carbocycles. The number of carbonyl (C=O) groups is 1. The summed E-state index contributed by atoms with van der Waals surface area (Å²) < 4.78 is 5.60. The van der Waals surface area contributed by atoms with Gasteiger partial charge in [-0.3, -0.25) is 0 Å². The number of benzene rings is 3. The molecule has 2 amide bonds. The Bertz CT molecular complexity index is 1280. The summed E-state index contributed by atoms with van der Waals surface area (Å²) in [5.41, 5.74) is 11.6. The van der Waals surface area contributed by atoms with Gasteiger partial charge in [-0.15, -0.1) is 24.8 Å². The summed E-state index contributed by atoms with van der Waals surface area (Å²) in [5.74, 6) is 1.50. The van der Waals surface area contributed by atoms with Gasteiger partial charge in [0.15, 0.2) is 0 Å². The quantitative estimate of drug-likeness (QED) is 0.201. The highest BCUT2D eigenvalue weighted by Gasteiger charge is 2.37. The Morgan fingerprint density at radius 1 is 0.976 bits per heavy atom. The van der Waals surface area contributed by atoms with Crippen LogP contribution >= 0.6 is 24.8 Å². The number of nitrogens with one attached hydrogen (secondary N) is 2. The third kappa shape index (κ3) is 7.72. The van der Waals surface area contributed by atoms with Gasteiger partial charge in [0.05, 0.1) is 12.8 Å². The molecule has 0 bridgehead atoms. The Morgan fingerprint density at radius 2 is 1.59 bits per heavy atom. The van der Waals surface area contributed by atoms with Gasteiger partial charge in [0.2, 0.25) is 0 Å². The highest BCUT2D eigenvalue weighted by molar-refractivity contribution is 5.92. The van der Waals surface area contributed by atoms with Gasteiger partial charge in [0, 0.05) is 36.4 Å². The van der Waals surface area contributed by atoms with Crippen molar-refractivity contribution in [2.24, 2.45) is 0 Å². The number of anilines is 3. The van der Waals surface area contributed by atoms with Crippen molar-refractivity contribution in [3.63, 3.8) is 0 Å². The number of amides is 2. The molecule has 0 spiro atoms. The first-order valence-electron chi connectivity index (χ1n) is 13.8. The first-order valence-corrected chi connectivity index (χ1v) is 13.8. The average molecular weight is 604 g/mol. The molecule has 5 N–H and O–H groups in total. The summed E-state index contributed by atoms with van der Waals surface area (Å²) in [6, 6.07) is 19.1. The number of piperidine rings is 1. The van der Waals surface area contributed by atoms with Crippen LogP contribution in [0.3, 0.4) is 0 Å². The topological polar surface area (TPSA) is 99.9 Å². The van der Waals surface area contributed by atoms with E-state index in [2.05, 4.69) is 49.3 Å². The lowest BCUT2D eigenvalue weighted by Gasteiger charge is -2.43. The fraction of sp³-hybridized carbons (Fsp3) is 0.406. The molecule has 1 aliphatic rings. The molecule has 4 rings (SSSR count). The number of hydrogen-bond acceptors (Lipinski definition) is 5. The predicted octanol–water partition coefficient (Wildman–Crippen LogP) is 7.43. The molecule has 0 radical (unpaired) electrons. The van der Waals surface area contributed by atoms with E-state index in [1.54, 1.807) is 13.2 Å². The number of carbonyl (C=O) groups excluding carboxylic acids is 1. The van der Waals surface area contributed by atoms with Crippen molar-refractivity contribution >= 4 is 47.9 Å². The van der Waals surface area contributed by atoms with Crippen LogP contribution in [0, 0.1) is 0 Å². The van der Waals surface area contributed by atoms with E-state index in [0.717, 1.165) is 59.7 Å². The van der Waals surface area contributed by atoms with Gasteiger partial charge < -0.3 is 31.1 Å². The number of halogens is 2. The van der Waals surface area contributed by atoms with Crippen LogP contribution in [0.15, 0.2) is 60.7 Å². The maximum Gasteiger partial charge on any atom is 0.319 e. The van der Waals surface area contributed by atoms with Gasteiger partial charge in [-0.25, -0.2) is 4.79 Å². The fourth-order valence-corrected chi connectivity index (χ4v) is 5.64. The molecule has 0 saturated carbocycles. The van der Waals surface area contributed by atoms with Crippen molar-refractivity contribution < 1.29 is 14.6 Å². The molecule has 7 nitrogen and oxygen atoms in total. The Kier molecular flexibility index (Phi) is 12.0. The zero-order valence-electron chi connectivity index (χ0n) is 24.6. The minimum atomic E-state index is -0.322. The SMILES string of the molecule is COc1ccccc1N1CCC(CNC(=O)Nc2c(C(C)C)cc(N)cc2C(C)C)(c2cccc(O)c2)CC1.Cl.Cl. The molecule has 224 valence electrons. The van der Waals surface area contributed by atoms with E-state index in [0.29, 0.717) is 12.2 Å². The summed E-state index contributed by atoms with van der Waals surface area (Å²) in [6.07, 6.45) is 1.62. The molecule has 3 aromatic rings. The van der Waals surface area contributed by atoms with Crippen molar-refractivity contribution in [1.29, 1.82) is 0 Å². The number of urea groups is 1. The molecular formula is C32H44Cl2N4O3. The Hall–Kier alpha value is -3.29. The monoisotopic (exact) mass is 602 g/mol. The third-order valence-electron chi connectivity index (χ3n) is 7.90. The van der Waals surface area contributed by atoms with Crippen LogP contribution in [-0.4, -0.2) is 37.9 Å². The van der Waals surface area contributed by atoms with Gasteiger partial charge >= 0.3 is 6.03 Å². The first-order chi connectivity index (χ1) is 18.6. The zero-order valence-corrected chi connectivity index (χ0v) is 26.2. The molecule has 1 fully saturated rings. The summed E-state index contributed by atoms with van der Waals surface area (Å²) >= 11 is 0. The molecule has 0 aromatic heterocycles. The summed E-state index contributed by atoms with van der Waals surface area (Å²) in [6.45, 7) is 10.5. The number of aromatic hydroxyl groups is 1. The number of phenolic OH excluding ortho intramolecular Hbond substituents is 1. The standard InChI is InChI=1S/C32H42N4O3.2ClH/c1-21(2)26-18-24(33)19-27(22(3)4)30(26)35-31(38)34-20-32(23-9-8-10-25(37)17-23)13-15-36(16-14-32)28-11-6-7-12-29(28)39-5;;/h6-12,17-19,21-22,37H,13-16,20,33H2,1-5H3,(H2,34,35,38);2*1H. The Morgan fingerprint density at radius 3 is 2.15 bits per heavy atom. The van der Waals surface area contributed by atoms with Gasteiger partial charge in [-0.2, -0.15) is 0 Å². The molecule has 9 heteroatoms. The highest BCUT2D eigenvalue weighted by Crippen LogP contribution is 2.40. The molecular weight excluding hydrogens is 559 g/mol. The van der Waals surface area contributed by atoms with Crippen LogP contribution in [0.4, 0.5) is 21.9 Å². The molecule has 0 aliphatic carbocycles. The van der Waals surface area contributed by atoms with E-state index in [1.807, 2.05) is 48.5 Å². The van der Waals surface area contributed by atoms with Gasteiger partial charge in [0.25, 0.3) is 0 Å². The van der Waals surface area contributed by atoms with Crippen LogP contribution in [0.2, 0.25) is 0 Å². The minimum absolute atomic E-state index is 0. The highest BCUT2D eigenvalue weighted by atomic mass is 35.5. The number of ether oxygens (including phenoxy) is 1. The van der Waals surface area contributed by atoms with E-state index in [4.69, 9.17) is 10.5 Å². The lowest BCUT2D eigenvalue weighted by molar-refractivity contribution is 0.244. The molecule has 0 atom stereocenters. The van der Waals surface area contributed by atoms with E-state index in [1.165, 1.54) is 0 Å². The number of phenols is 1. The number of para-hydroxylation sites is 2. The normalized spacial score (nSPS) is 14.2.